The number of nitrogen functional groups attached to an aromatic ring is 1. The summed E-state index contributed by atoms with van der Waals surface area (Å²) in [6.45, 7) is 3.09. The van der Waals surface area contributed by atoms with Gasteiger partial charge in [-0.2, -0.15) is 0 Å². The molecule has 0 amide bonds. The first-order valence-electron chi connectivity index (χ1n) is 7.61. The van der Waals surface area contributed by atoms with Crippen LogP contribution in [0, 0.1) is 0 Å². The molecule has 21 heavy (non-hydrogen) atoms. The maximum absolute atomic E-state index is 11.7. The van der Waals surface area contributed by atoms with Crippen molar-refractivity contribution in [3.8, 4) is 0 Å². The molecule has 3 N–H and O–H groups in total. The predicted molar refractivity (Wildman–Crippen MR) is 83.5 cm³/mol. The zero-order valence-electron chi connectivity index (χ0n) is 12.5. The van der Waals surface area contributed by atoms with Gasteiger partial charge in [0.2, 0.25) is 0 Å². The summed E-state index contributed by atoms with van der Waals surface area (Å²) < 4.78 is 4.99. The van der Waals surface area contributed by atoms with E-state index in [2.05, 4.69) is 4.90 Å². The van der Waals surface area contributed by atoms with E-state index in [4.69, 9.17) is 15.6 Å². The van der Waals surface area contributed by atoms with Gasteiger partial charge in [-0.3, -0.25) is 0 Å². The highest BCUT2D eigenvalue weighted by Crippen LogP contribution is 2.33. The molecular weight excluding hydrogens is 268 g/mol. The number of ether oxygens (including phenoxy) is 1. The summed E-state index contributed by atoms with van der Waals surface area (Å²) in [7, 11) is 0. The van der Waals surface area contributed by atoms with Crippen LogP contribution in [-0.4, -0.2) is 36.9 Å². The maximum atomic E-state index is 11.7. The first-order valence-corrected chi connectivity index (χ1v) is 7.61. The number of anilines is 2. The minimum atomic E-state index is -0.346. The van der Waals surface area contributed by atoms with E-state index in [9.17, 15) is 4.79 Å². The molecule has 0 spiro atoms. The van der Waals surface area contributed by atoms with Crippen molar-refractivity contribution in [1.82, 2.24) is 0 Å². The lowest BCUT2D eigenvalue weighted by Gasteiger charge is -2.40. The third-order valence-corrected chi connectivity index (χ3v) is 3.92. The molecule has 0 heterocycles. The number of rotatable bonds is 7. The number of nitrogens with two attached hydrogens (primary N) is 1. The molecule has 1 saturated carbocycles. The van der Waals surface area contributed by atoms with Gasteiger partial charge in [-0.15, -0.1) is 0 Å². The normalized spacial score (nSPS) is 14.6. The standard InChI is InChI=1S/C16H24N2O3/c1-2-21-16(20)12-7-8-15(14(17)11-12)18(9-4-10-19)13-5-3-6-13/h7-8,11,13,19H,2-6,9-10,17H2,1H3. The van der Waals surface area contributed by atoms with Gasteiger partial charge in [0.25, 0.3) is 0 Å². The van der Waals surface area contributed by atoms with E-state index in [1.807, 2.05) is 6.07 Å². The lowest BCUT2D eigenvalue weighted by Crippen LogP contribution is -2.41. The number of nitrogens with zero attached hydrogens (tertiary/aromatic N) is 1. The minimum absolute atomic E-state index is 0.171. The smallest absolute Gasteiger partial charge is 0.338 e. The second-order valence-corrected chi connectivity index (χ2v) is 5.35. The van der Waals surface area contributed by atoms with Crippen molar-refractivity contribution in [2.45, 2.75) is 38.6 Å². The van der Waals surface area contributed by atoms with Crippen LogP contribution in [0.25, 0.3) is 0 Å². The Kier molecular flexibility index (Phi) is 5.44. The Morgan fingerprint density at radius 3 is 2.76 bits per heavy atom. The number of benzene rings is 1. The summed E-state index contributed by atoms with van der Waals surface area (Å²) in [6, 6.07) is 5.82. The third kappa shape index (κ3) is 3.67. The van der Waals surface area contributed by atoms with Gasteiger partial charge in [0.15, 0.2) is 0 Å². The van der Waals surface area contributed by atoms with Gasteiger partial charge in [-0.25, -0.2) is 4.79 Å². The Balaban J connectivity index is 2.18. The van der Waals surface area contributed by atoms with Crippen LogP contribution in [0.4, 0.5) is 11.4 Å². The maximum Gasteiger partial charge on any atom is 0.338 e. The molecule has 5 heteroatoms. The fraction of sp³-hybridized carbons (Fsp3) is 0.562. The SMILES string of the molecule is CCOC(=O)c1ccc(N(CCCO)C2CCC2)c(N)c1. The topological polar surface area (TPSA) is 75.8 Å². The van der Waals surface area contributed by atoms with Crippen molar-refractivity contribution in [2.24, 2.45) is 0 Å². The number of aliphatic hydroxyl groups excluding tert-OH is 1. The van der Waals surface area contributed by atoms with Crippen LogP contribution in [0.15, 0.2) is 18.2 Å². The molecule has 0 aliphatic heterocycles. The van der Waals surface area contributed by atoms with Gasteiger partial charge < -0.3 is 20.5 Å². The lowest BCUT2D eigenvalue weighted by molar-refractivity contribution is 0.0526. The van der Waals surface area contributed by atoms with E-state index in [0.29, 0.717) is 23.9 Å². The largest absolute Gasteiger partial charge is 0.462 e. The monoisotopic (exact) mass is 292 g/mol. The molecule has 0 atom stereocenters. The summed E-state index contributed by atoms with van der Waals surface area (Å²) in [4.78, 5) is 14.0. The van der Waals surface area contributed by atoms with Crippen molar-refractivity contribution >= 4 is 17.3 Å². The Hall–Kier alpha value is -1.75. The number of aliphatic hydroxyl groups is 1. The number of hydrogen-bond acceptors (Lipinski definition) is 5. The molecule has 5 nitrogen and oxygen atoms in total. The predicted octanol–water partition coefficient (Wildman–Crippen LogP) is 2.19. The molecule has 1 fully saturated rings. The first kappa shape index (κ1) is 15.6. The summed E-state index contributed by atoms with van der Waals surface area (Å²) in [6.07, 6.45) is 4.27. The van der Waals surface area contributed by atoms with Crippen molar-refractivity contribution in [1.29, 1.82) is 0 Å². The van der Waals surface area contributed by atoms with Crippen LogP contribution in [-0.2, 0) is 4.74 Å². The molecule has 1 aliphatic carbocycles. The summed E-state index contributed by atoms with van der Waals surface area (Å²) in [5.41, 5.74) is 8.15. The highest BCUT2D eigenvalue weighted by atomic mass is 16.5. The van der Waals surface area contributed by atoms with Crippen molar-refractivity contribution in [2.75, 3.05) is 30.4 Å². The van der Waals surface area contributed by atoms with Crippen LogP contribution in [0.3, 0.4) is 0 Å². The van der Waals surface area contributed by atoms with Crippen LogP contribution in [0.5, 0.6) is 0 Å². The van der Waals surface area contributed by atoms with Gasteiger partial charge in [0, 0.05) is 19.2 Å². The van der Waals surface area contributed by atoms with E-state index in [-0.39, 0.29) is 12.6 Å². The summed E-state index contributed by atoms with van der Waals surface area (Å²) >= 11 is 0. The Morgan fingerprint density at radius 1 is 1.48 bits per heavy atom. The molecule has 0 unspecified atom stereocenters. The molecule has 2 rings (SSSR count). The zero-order valence-corrected chi connectivity index (χ0v) is 12.5. The van der Waals surface area contributed by atoms with E-state index < -0.39 is 0 Å². The number of esters is 1. The average Bonchev–Trinajstić information content (AvgIpc) is 2.41. The molecule has 1 aromatic carbocycles. The van der Waals surface area contributed by atoms with E-state index in [1.54, 1.807) is 19.1 Å². The number of carbonyl (C=O) groups is 1. The molecule has 1 aliphatic rings. The fourth-order valence-corrected chi connectivity index (χ4v) is 2.60. The zero-order chi connectivity index (χ0) is 15.2. The number of carbonyl (C=O) groups excluding carboxylic acids is 1. The highest BCUT2D eigenvalue weighted by Gasteiger charge is 2.26. The van der Waals surface area contributed by atoms with Gasteiger partial charge in [0.1, 0.15) is 0 Å². The first-order chi connectivity index (χ1) is 10.2. The van der Waals surface area contributed by atoms with Crippen molar-refractivity contribution in [3.05, 3.63) is 23.8 Å². The van der Waals surface area contributed by atoms with Gasteiger partial charge in [0.05, 0.1) is 23.5 Å². The molecule has 116 valence electrons. The molecule has 1 aromatic rings. The summed E-state index contributed by atoms with van der Waals surface area (Å²) in [5.74, 6) is -0.346. The van der Waals surface area contributed by atoms with E-state index in [0.717, 1.165) is 31.5 Å². The quantitative estimate of drug-likeness (QED) is 0.595. The second kappa shape index (κ2) is 7.31. The fourth-order valence-electron chi connectivity index (χ4n) is 2.60. The molecular formula is C16H24N2O3. The Bertz CT molecular complexity index is 486. The van der Waals surface area contributed by atoms with E-state index >= 15 is 0 Å². The van der Waals surface area contributed by atoms with Gasteiger partial charge >= 0.3 is 5.97 Å². The molecule has 0 saturated heterocycles. The molecule has 0 radical (unpaired) electrons. The lowest BCUT2D eigenvalue weighted by atomic mass is 9.90. The number of hydrogen-bond donors (Lipinski definition) is 2. The minimum Gasteiger partial charge on any atom is -0.462 e. The summed E-state index contributed by atoms with van der Waals surface area (Å²) in [5, 5.41) is 9.06. The van der Waals surface area contributed by atoms with Crippen LogP contribution in [0.2, 0.25) is 0 Å². The Morgan fingerprint density at radius 2 is 2.24 bits per heavy atom. The average molecular weight is 292 g/mol. The van der Waals surface area contributed by atoms with Crippen molar-refractivity contribution in [3.63, 3.8) is 0 Å². The van der Waals surface area contributed by atoms with Gasteiger partial charge in [-0.05, 0) is 50.8 Å². The van der Waals surface area contributed by atoms with Crippen LogP contribution in [0.1, 0.15) is 43.0 Å². The van der Waals surface area contributed by atoms with Crippen molar-refractivity contribution < 1.29 is 14.6 Å². The Labute approximate surface area is 125 Å². The molecule has 0 bridgehead atoms. The van der Waals surface area contributed by atoms with E-state index in [1.165, 1.54) is 6.42 Å². The van der Waals surface area contributed by atoms with Crippen LogP contribution < -0.4 is 10.6 Å². The third-order valence-electron chi connectivity index (χ3n) is 3.92. The van der Waals surface area contributed by atoms with Gasteiger partial charge in [-0.1, -0.05) is 0 Å². The molecule has 0 aromatic heterocycles. The second-order valence-electron chi connectivity index (χ2n) is 5.35. The highest BCUT2D eigenvalue weighted by molar-refractivity contribution is 5.92. The van der Waals surface area contributed by atoms with Crippen LogP contribution >= 0.6 is 0 Å².